The lowest BCUT2D eigenvalue weighted by Crippen LogP contribution is -2.37. The molecule has 5 heteroatoms. The smallest absolute Gasteiger partial charge is 0.122 e. The van der Waals surface area contributed by atoms with Crippen molar-refractivity contribution in [3.63, 3.8) is 0 Å². The van der Waals surface area contributed by atoms with Crippen molar-refractivity contribution in [3.05, 3.63) is 18.2 Å². The lowest BCUT2D eigenvalue weighted by Gasteiger charge is -2.29. The van der Waals surface area contributed by atoms with E-state index < -0.39 is 0 Å². The Kier molecular flexibility index (Phi) is 5.05. The average molecular weight is 339 g/mol. The summed E-state index contributed by atoms with van der Waals surface area (Å²) in [6.07, 6.45) is 9.68. The van der Waals surface area contributed by atoms with E-state index in [1.54, 1.807) is 0 Å². The van der Waals surface area contributed by atoms with E-state index in [1.807, 2.05) is 6.20 Å². The molecule has 3 atom stereocenters. The molecule has 1 aromatic rings. The van der Waals surface area contributed by atoms with Gasteiger partial charge in [-0.3, -0.25) is 4.90 Å². The molecule has 4 rings (SSSR count). The normalized spacial score (nSPS) is 31.2. The lowest BCUT2D eigenvalue weighted by molar-refractivity contribution is 0.180. The van der Waals surface area contributed by atoms with Gasteiger partial charge in [0.2, 0.25) is 0 Å². The first-order valence-corrected chi connectivity index (χ1v) is 9.16. The number of nitrogens with one attached hydrogen (secondary N) is 1. The first-order valence-electron chi connectivity index (χ1n) is 9.16. The van der Waals surface area contributed by atoms with Crippen molar-refractivity contribution in [3.8, 4) is 0 Å². The Balaban J connectivity index is 0.00000156. The fourth-order valence-electron chi connectivity index (χ4n) is 4.52. The maximum atomic E-state index is 4.63. The van der Waals surface area contributed by atoms with Crippen molar-refractivity contribution in [2.24, 2.45) is 17.3 Å². The van der Waals surface area contributed by atoms with E-state index in [9.17, 15) is 0 Å². The van der Waals surface area contributed by atoms with Crippen molar-refractivity contribution in [1.82, 2.24) is 19.8 Å². The highest BCUT2D eigenvalue weighted by Crippen LogP contribution is 2.56. The summed E-state index contributed by atoms with van der Waals surface area (Å²) in [5.74, 6) is 3.13. The molecule has 0 radical (unpaired) electrons. The minimum absolute atomic E-state index is 0. The third-order valence-corrected chi connectivity index (χ3v) is 6.42. The molecule has 0 bridgehead atoms. The van der Waals surface area contributed by atoms with E-state index in [2.05, 4.69) is 39.8 Å². The Morgan fingerprint density at radius 1 is 1.39 bits per heavy atom. The molecular formula is C18H31ClN4. The van der Waals surface area contributed by atoms with Crippen molar-refractivity contribution >= 4 is 12.4 Å². The first-order chi connectivity index (χ1) is 10.7. The fourth-order valence-corrected chi connectivity index (χ4v) is 4.52. The van der Waals surface area contributed by atoms with Crippen LogP contribution in [-0.2, 0) is 13.1 Å². The van der Waals surface area contributed by atoms with Gasteiger partial charge in [0.05, 0.1) is 6.54 Å². The van der Waals surface area contributed by atoms with Crippen molar-refractivity contribution in [2.45, 2.75) is 58.7 Å². The van der Waals surface area contributed by atoms with E-state index in [4.69, 9.17) is 0 Å². The molecular weight excluding hydrogens is 308 g/mol. The fraction of sp³-hybridized carbons (Fsp3) is 0.833. The van der Waals surface area contributed by atoms with Crippen LogP contribution in [-0.4, -0.2) is 40.1 Å². The van der Waals surface area contributed by atoms with Gasteiger partial charge in [-0.05, 0) is 62.9 Å². The van der Waals surface area contributed by atoms with Gasteiger partial charge in [-0.2, -0.15) is 0 Å². The topological polar surface area (TPSA) is 33.1 Å². The van der Waals surface area contributed by atoms with Crippen molar-refractivity contribution in [1.29, 1.82) is 0 Å². The molecule has 1 aromatic heterocycles. The second-order valence-corrected chi connectivity index (χ2v) is 7.86. The van der Waals surface area contributed by atoms with Gasteiger partial charge in [-0.1, -0.05) is 6.92 Å². The average Bonchev–Trinajstić information content (AvgIpc) is 3.34. The summed E-state index contributed by atoms with van der Waals surface area (Å²) in [5, 5.41) is 3.53. The van der Waals surface area contributed by atoms with E-state index in [0.717, 1.165) is 31.0 Å². The zero-order chi connectivity index (χ0) is 15.2. The van der Waals surface area contributed by atoms with Gasteiger partial charge >= 0.3 is 0 Å². The lowest BCUT2D eigenvalue weighted by atomic mass is 9.93. The number of hydrogen-bond donors (Lipinski definition) is 1. The van der Waals surface area contributed by atoms with E-state index >= 15 is 0 Å². The Bertz CT molecular complexity index is 523. The second kappa shape index (κ2) is 6.73. The van der Waals surface area contributed by atoms with Crippen LogP contribution >= 0.6 is 12.4 Å². The SMILES string of the molecule is CCn1ccnc1CN(CC1CC1C)C1CC12CCNCC2.Cl. The maximum Gasteiger partial charge on any atom is 0.122 e. The molecule has 4 nitrogen and oxygen atoms in total. The zero-order valence-corrected chi connectivity index (χ0v) is 15.3. The van der Waals surface area contributed by atoms with Crippen LogP contribution in [0.1, 0.15) is 45.4 Å². The maximum absolute atomic E-state index is 4.63. The highest BCUT2D eigenvalue weighted by atomic mass is 35.5. The van der Waals surface area contributed by atoms with Crippen LogP contribution in [0, 0.1) is 17.3 Å². The van der Waals surface area contributed by atoms with E-state index in [-0.39, 0.29) is 12.4 Å². The predicted octanol–water partition coefficient (Wildman–Crippen LogP) is 2.92. The predicted molar refractivity (Wildman–Crippen MR) is 95.8 cm³/mol. The van der Waals surface area contributed by atoms with E-state index in [0.29, 0.717) is 5.41 Å². The Morgan fingerprint density at radius 3 is 2.78 bits per heavy atom. The molecule has 1 N–H and O–H groups in total. The number of imidazole rings is 1. The number of hydrogen-bond acceptors (Lipinski definition) is 3. The number of rotatable bonds is 6. The monoisotopic (exact) mass is 338 g/mol. The van der Waals surface area contributed by atoms with Crippen LogP contribution in [0.15, 0.2) is 12.4 Å². The minimum Gasteiger partial charge on any atom is -0.334 e. The second-order valence-electron chi connectivity index (χ2n) is 7.86. The van der Waals surface area contributed by atoms with Gasteiger partial charge in [0.1, 0.15) is 5.82 Å². The largest absolute Gasteiger partial charge is 0.334 e. The van der Waals surface area contributed by atoms with Gasteiger partial charge in [0.25, 0.3) is 0 Å². The van der Waals surface area contributed by atoms with Gasteiger partial charge in [-0.25, -0.2) is 4.98 Å². The van der Waals surface area contributed by atoms with Gasteiger partial charge in [-0.15, -0.1) is 12.4 Å². The van der Waals surface area contributed by atoms with Gasteiger partial charge in [0, 0.05) is 31.5 Å². The number of aryl methyl sites for hydroxylation is 1. The zero-order valence-electron chi connectivity index (χ0n) is 14.5. The molecule has 130 valence electrons. The molecule has 3 aliphatic rings. The summed E-state index contributed by atoms with van der Waals surface area (Å²) in [6, 6.07) is 0.810. The Labute approximate surface area is 146 Å². The number of nitrogens with zero attached hydrogens (tertiary/aromatic N) is 3. The van der Waals surface area contributed by atoms with Gasteiger partial charge < -0.3 is 9.88 Å². The summed E-state index contributed by atoms with van der Waals surface area (Å²) in [4.78, 5) is 7.41. The highest BCUT2D eigenvalue weighted by molar-refractivity contribution is 5.85. The van der Waals surface area contributed by atoms with Crippen LogP contribution in [0.2, 0.25) is 0 Å². The van der Waals surface area contributed by atoms with Crippen LogP contribution in [0.3, 0.4) is 0 Å². The Morgan fingerprint density at radius 2 is 2.13 bits per heavy atom. The van der Waals surface area contributed by atoms with Crippen LogP contribution < -0.4 is 5.32 Å². The third-order valence-electron chi connectivity index (χ3n) is 6.42. The van der Waals surface area contributed by atoms with Crippen molar-refractivity contribution in [2.75, 3.05) is 19.6 Å². The molecule has 0 aromatic carbocycles. The summed E-state index contributed by atoms with van der Waals surface area (Å²) in [5.41, 5.74) is 0.632. The van der Waals surface area contributed by atoms with Crippen molar-refractivity contribution < 1.29 is 0 Å². The molecule has 3 unspecified atom stereocenters. The van der Waals surface area contributed by atoms with Crippen LogP contribution in [0.25, 0.3) is 0 Å². The minimum atomic E-state index is 0. The Hall–Kier alpha value is -0.580. The number of halogens is 1. The molecule has 0 amide bonds. The molecule has 1 spiro atoms. The quantitative estimate of drug-likeness (QED) is 0.865. The molecule has 2 heterocycles. The summed E-state index contributed by atoms with van der Waals surface area (Å²) >= 11 is 0. The molecule has 1 aliphatic heterocycles. The summed E-state index contributed by atoms with van der Waals surface area (Å²) < 4.78 is 2.31. The molecule has 3 fully saturated rings. The summed E-state index contributed by atoms with van der Waals surface area (Å²) in [6.45, 7) is 10.4. The van der Waals surface area contributed by atoms with Gasteiger partial charge in [0.15, 0.2) is 0 Å². The standard InChI is InChI=1S/C18H30N4.ClH/c1-3-21-9-8-20-17(21)13-22(12-15-10-14(15)2)16-11-18(16)4-6-19-7-5-18;/h8-9,14-16,19H,3-7,10-13H2,1-2H3;1H. The van der Waals surface area contributed by atoms with Crippen LogP contribution in [0.4, 0.5) is 0 Å². The highest BCUT2D eigenvalue weighted by Gasteiger charge is 2.57. The molecule has 23 heavy (non-hydrogen) atoms. The molecule has 2 aliphatic carbocycles. The number of aromatic nitrogens is 2. The molecule has 2 saturated carbocycles. The van der Waals surface area contributed by atoms with Crippen LogP contribution in [0.5, 0.6) is 0 Å². The number of piperidine rings is 1. The first kappa shape index (κ1) is 17.2. The van der Waals surface area contributed by atoms with E-state index in [1.165, 1.54) is 51.1 Å². The summed E-state index contributed by atoms with van der Waals surface area (Å²) in [7, 11) is 0. The molecule has 1 saturated heterocycles. The third kappa shape index (κ3) is 3.45.